The zero-order valence-electron chi connectivity index (χ0n) is 15.3. The molecule has 1 N–H and O–H groups in total. The lowest BCUT2D eigenvalue weighted by Gasteiger charge is -2.06. The molecule has 0 fully saturated rings. The lowest BCUT2D eigenvalue weighted by molar-refractivity contribution is -0.116. The number of amides is 1. The number of hydrogen-bond acceptors (Lipinski definition) is 7. The van der Waals surface area contributed by atoms with E-state index in [4.69, 9.17) is 0 Å². The Balaban J connectivity index is 1.47. The number of thiazole rings is 1. The molecule has 1 amide bonds. The van der Waals surface area contributed by atoms with Crippen LogP contribution in [0.2, 0.25) is 0 Å². The number of hydrogen-bond donors (Lipinski definition) is 1. The Kier molecular flexibility index (Phi) is 4.89. The number of carbonyl (C=O) groups excluding carboxylic acids is 1. The van der Waals surface area contributed by atoms with Gasteiger partial charge in [0.05, 0.1) is 32.3 Å². The number of nitrogens with zero attached hydrogens (tertiary/aromatic N) is 3. The van der Waals surface area contributed by atoms with Crippen molar-refractivity contribution in [2.45, 2.75) is 17.9 Å². The Morgan fingerprint density at radius 2 is 1.97 bits per heavy atom. The standard InChI is InChI=1S/C19H16N4O4S2/c1-29(26,27)12-6-7-15-16(10-12)28-19(21-15)22-17(24)8-9-23-11-20-14-5-3-2-4-13(14)18(23)25/h2-7,10-11H,8-9H2,1H3,(H,21,22,24). The largest absolute Gasteiger partial charge is 0.302 e. The molecule has 0 unspecified atom stereocenters. The van der Waals surface area contributed by atoms with Crippen molar-refractivity contribution in [1.29, 1.82) is 0 Å². The van der Waals surface area contributed by atoms with Gasteiger partial charge in [0.25, 0.3) is 5.56 Å². The van der Waals surface area contributed by atoms with E-state index in [2.05, 4.69) is 15.3 Å². The Morgan fingerprint density at radius 3 is 2.76 bits per heavy atom. The Hall–Kier alpha value is -3.11. The van der Waals surface area contributed by atoms with Crippen molar-refractivity contribution in [3.8, 4) is 0 Å². The minimum absolute atomic E-state index is 0.0739. The van der Waals surface area contributed by atoms with E-state index in [0.29, 0.717) is 26.3 Å². The van der Waals surface area contributed by atoms with Crippen molar-refractivity contribution in [2.75, 3.05) is 11.6 Å². The van der Waals surface area contributed by atoms with E-state index < -0.39 is 9.84 Å². The zero-order valence-corrected chi connectivity index (χ0v) is 17.0. The van der Waals surface area contributed by atoms with E-state index in [1.807, 2.05) is 6.07 Å². The minimum atomic E-state index is -3.31. The van der Waals surface area contributed by atoms with Crippen LogP contribution in [0.3, 0.4) is 0 Å². The van der Waals surface area contributed by atoms with Crippen molar-refractivity contribution in [3.05, 3.63) is 59.1 Å². The summed E-state index contributed by atoms with van der Waals surface area (Å²) in [6, 6.07) is 11.7. The fourth-order valence-electron chi connectivity index (χ4n) is 2.86. The van der Waals surface area contributed by atoms with Gasteiger partial charge >= 0.3 is 0 Å². The molecule has 2 aromatic heterocycles. The third kappa shape index (κ3) is 4.03. The molecule has 4 aromatic rings. The molecule has 0 aliphatic heterocycles. The van der Waals surface area contributed by atoms with E-state index in [0.717, 1.165) is 6.26 Å². The van der Waals surface area contributed by atoms with Gasteiger partial charge in [-0.2, -0.15) is 0 Å². The van der Waals surface area contributed by atoms with E-state index in [1.54, 1.807) is 24.3 Å². The third-order valence-electron chi connectivity index (χ3n) is 4.35. The monoisotopic (exact) mass is 428 g/mol. The summed E-state index contributed by atoms with van der Waals surface area (Å²) in [5.41, 5.74) is 1.02. The van der Waals surface area contributed by atoms with Gasteiger partial charge in [0, 0.05) is 19.2 Å². The molecular formula is C19H16N4O4S2. The smallest absolute Gasteiger partial charge is 0.261 e. The van der Waals surface area contributed by atoms with Crippen LogP contribution in [0.15, 0.2) is 58.5 Å². The topological polar surface area (TPSA) is 111 Å². The number of benzene rings is 2. The first-order valence-corrected chi connectivity index (χ1v) is 11.4. The second-order valence-electron chi connectivity index (χ2n) is 6.48. The summed E-state index contributed by atoms with van der Waals surface area (Å²) in [6.07, 6.45) is 2.65. The summed E-state index contributed by atoms with van der Waals surface area (Å²) in [6.45, 7) is 0.186. The van der Waals surface area contributed by atoms with Crippen molar-refractivity contribution in [3.63, 3.8) is 0 Å². The molecule has 29 heavy (non-hydrogen) atoms. The second kappa shape index (κ2) is 7.37. The van der Waals surface area contributed by atoms with Gasteiger partial charge in [-0.05, 0) is 30.3 Å². The molecule has 148 valence electrons. The summed E-state index contributed by atoms with van der Waals surface area (Å²) in [4.78, 5) is 33.5. The van der Waals surface area contributed by atoms with Gasteiger partial charge in [-0.15, -0.1) is 0 Å². The quantitative estimate of drug-likeness (QED) is 0.523. The van der Waals surface area contributed by atoms with Crippen LogP contribution < -0.4 is 10.9 Å². The summed E-state index contributed by atoms with van der Waals surface area (Å²) in [7, 11) is -3.31. The van der Waals surface area contributed by atoms with Gasteiger partial charge in [-0.1, -0.05) is 23.5 Å². The molecule has 4 rings (SSSR count). The Bertz CT molecular complexity index is 1410. The van der Waals surface area contributed by atoms with E-state index in [9.17, 15) is 18.0 Å². The number of carbonyl (C=O) groups is 1. The number of sulfone groups is 1. The predicted molar refractivity (Wildman–Crippen MR) is 112 cm³/mol. The number of rotatable bonds is 5. The molecule has 0 aliphatic rings. The highest BCUT2D eigenvalue weighted by Gasteiger charge is 2.13. The van der Waals surface area contributed by atoms with Crippen LogP contribution in [0.4, 0.5) is 5.13 Å². The number of aromatic nitrogens is 3. The van der Waals surface area contributed by atoms with Gasteiger partial charge in [0.15, 0.2) is 15.0 Å². The Labute approximate surface area is 169 Å². The number of anilines is 1. The maximum Gasteiger partial charge on any atom is 0.261 e. The van der Waals surface area contributed by atoms with Gasteiger partial charge in [0.1, 0.15) is 0 Å². The summed E-state index contributed by atoms with van der Waals surface area (Å²) in [5, 5.41) is 3.58. The van der Waals surface area contributed by atoms with E-state index in [1.165, 1.54) is 34.4 Å². The lowest BCUT2D eigenvalue weighted by atomic mass is 10.2. The number of fused-ring (bicyclic) bond motifs is 2. The molecule has 8 nitrogen and oxygen atoms in total. The third-order valence-corrected chi connectivity index (χ3v) is 6.39. The SMILES string of the molecule is CS(=O)(=O)c1ccc2nc(NC(=O)CCn3cnc4ccccc4c3=O)sc2c1. The average Bonchev–Trinajstić information content (AvgIpc) is 3.08. The highest BCUT2D eigenvalue weighted by molar-refractivity contribution is 7.90. The van der Waals surface area contributed by atoms with Gasteiger partial charge in [-0.25, -0.2) is 18.4 Å². The molecule has 0 saturated heterocycles. The maximum atomic E-state index is 12.5. The van der Waals surface area contributed by atoms with Crippen molar-refractivity contribution in [1.82, 2.24) is 14.5 Å². The molecular weight excluding hydrogens is 412 g/mol. The minimum Gasteiger partial charge on any atom is -0.302 e. The molecule has 0 aliphatic carbocycles. The van der Waals surface area contributed by atoms with Gasteiger partial charge < -0.3 is 5.32 Å². The molecule has 0 saturated carbocycles. The summed E-state index contributed by atoms with van der Waals surface area (Å²) >= 11 is 1.19. The van der Waals surface area contributed by atoms with E-state index >= 15 is 0 Å². The molecule has 2 aromatic carbocycles. The van der Waals surface area contributed by atoms with Gasteiger partial charge in [-0.3, -0.25) is 14.2 Å². The van der Waals surface area contributed by atoms with Crippen LogP contribution in [0.25, 0.3) is 21.1 Å². The van der Waals surface area contributed by atoms with Crippen molar-refractivity contribution >= 4 is 53.3 Å². The second-order valence-corrected chi connectivity index (χ2v) is 9.53. The molecule has 0 radical (unpaired) electrons. The summed E-state index contributed by atoms with van der Waals surface area (Å²) in [5.74, 6) is -0.299. The van der Waals surface area contributed by atoms with Crippen LogP contribution in [-0.4, -0.2) is 35.1 Å². The van der Waals surface area contributed by atoms with Gasteiger partial charge in [0.2, 0.25) is 5.91 Å². The zero-order chi connectivity index (χ0) is 20.6. The number of nitrogens with one attached hydrogen (secondary N) is 1. The average molecular weight is 428 g/mol. The first kappa shape index (κ1) is 19.2. The first-order chi connectivity index (χ1) is 13.8. The molecule has 0 atom stereocenters. The predicted octanol–water partition coefficient (Wildman–Crippen LogP) is 2.44. The normalized spacial score (nSPS) is 11.8. The fraction of sp³-hybridized carbons (Fsp3) is 0.158. The molecule has 0 spiro atoms. The van der Waals surface area contributed by atoms with Crippen LogP contribution >= 0.6 is 11.3 Å². The first-order valence-electron chi connectivity index (χ1n) is 8.66. The van der Waals surface area contributed by atoms with Crippen LogP contribution in [0.1, 0.15) is 6.42 Å². The number of aryl methyl sites for hydroxylation is 1. The molecule has 10 heteroatoms. The van der Waals surface area contributed by atoms with Crippen LogP contribution in [0, 0.1) is 0 Å². The highest BCUT2D eigenvalue weighted by Crippen LogP contribution is 2.28. The highest BCUT2D eigenvalue weighted by atomic mass is 32.2. The Morgan fingerprint density at radius 1 is 1.17 bits per heavy atom. The van der Waals surface area contributed by atoms with Crippen LogP contribution in [0.5, 0.6) is 0 Å². The molecule has 2 heterocycles. The van der Waals surface area contributed by atoms with E-state index in [-0.39, 0.29) is 29.3 Å². The molecule has 0 bridgehead atoms. The maximum absolute atomic E-state index is 12.5. The van der Waals surface area contributed by atoms with Crippen LogP contribution in [-0.2, 0) is 21.2 Å². The fourth-order valence-corrected chi connectivity index (χ4v) is 4.50. The lowest BCUT2D eigenvalue weighted by Crippen LogP contribution is -2.23. The number of para-hydroxylation sites is 1. The summed E-state index contributed by atoms with van der Waals surface area (Å²) < 4.78 is 25.4. The van der Waals surface area contributed by atoms with Crippen molar-refractivity contribution in [2.24, 2.45) is 0 Å². The van der Waals surface area contributed by atoms with Crippen molar-refractivity contribution < 1.29 is 13.2 Å².